The average molecular weight is 397 g/mol. The fraction of sp³-hybridized carbons (Fsp3) is 0.176. The number of ether oxygens (including phenoxy) is 1. The van der Waals surface area contributed by atoms with Crippen molar-refractivity contribution in [1.29, 1.82) is 0 Å². The summed E-state index contributed by atoms with van der Waals surface area (Å²) in [6.07, 6.45) is 1.01. The Labute approximate surface area is 156 Å². The molecule has 0 fully saturated rings. The predicted octanol–water partition coefficient (Wildman–Crippen LogP) is 3.06. The number of sulfonamides is 1. The molecule has 138 valence electrons. The van der Waals surface area contributed by atoms with Gasteiger partial charge in [0, 0.05) is 11.4 Å². The Bertz CT molecular complexity index is 973. The lowest BCUT2D eigenvalue weighted by Crippen LogP contribution is -2.15. The van der Waals surface area contributed by atoms with Crippen molar-refractivity contribution in [3.63, 3.8) is 0 Å². The fourth-order valence-electron chi connectivity index (χ4n) is 2.17. The normalized spacial score (nSPS) is 10.9. The van der Waals surface area contributed by atoms with E-state index in [0.717, 1.165) is 11.8 Å². The average Bonchev–Trinajstić information content (AvgIpc) is 2.54. The highest BCUT2D eigenvalue weighted by molar-refractivity contribution is 7.92. The highest BCUT2D eigenvalue weighted by atomic mass is 35.5. The van der Waals surface area contributed by atoms with Gasteiger partial charge in [-0.2, -0.15) is 0 Å². The first-order chi connectivity index (χ1) is 12.1. The number of hydrogen-bond donors (Lipinski definition) is 2. The molecular formula is C17H17ClN2O5S. The van der Waals surface area contributed by atoms with Crippen molar-refractivity contribution in [3.05, 3.63) is 58.1 Å². The summed E-state index contributed by atoms with van der Waals surface area (Å²) in [5, 5.41) is 2.77. The number of anilines is 2. The maximum atomic E-state index is 12.5. The second-order valence-corrected chi connectivity index (χ2v) is 7.70. The van der Waals surface area contributed by atoms with Crippen molar-refractivity contribution < 1.29 is 22.7 Å². The number of carbonyl (C=O) groups excluding carboxylic acids is 2. The van der Waals surface area contributed by atoms with Gasteiger partial charge >= 0.3 is 5.97 Å². The second kappa shape index (κ2) is 7.76. The summed E-state index contributed by atoms with van der Waals surface area (Å²) in [6, 6.07) is 8.96. The molecule has 26 heavy (non-hydrogen) atoms. The van der Waals surface area contributed by atoms with Crippen LogP contribution in [-0.2, 0) is 14.8 Å². The quantitative estimate of drug-likeness (QED) is 0.756. The first-order valence-electron chi connectivity index (χ1n) is 7.38. The van der Waals surface area contributed by atoms with Gasteiger partial charge in [-0.15, -0.1) is 0 Å². The third kappa shape index (κ3) is 4.96. The molecule has 7 nitrogen and oxygen atoms in total. The van der Waals surface area contributed by atoms with E-state index in [9.17, 15) is 18.0 Å². The first kappa shape index (κ1) is 19.7. The topological polar surface area (TPSA) is 102 Å². The van der Waals surface area contributed by atoms with Crippen molar-refractivity contribution in [1.82, 2.24) is 0 Å². The molecule has 0 heterocycles. The van der Waals surface area contributed by atoms with Crippen LogP contribution in [0, 0.1) is 6.92 Å². The number of halogens is 1. The fourth-order valence-corrected chi connectivity index (χ4v) is 2.99. The van der Waals surface area contributed by atoms with Crippen LogP contribution in [0.1, 0.15) is 26.3 Å². The van der Waals surface area contributed by atoms with Crippen molar-refractivity contribution in [3.8, 4) is 0 Å². The van der Waals surface area contributed by atoms with E-state index in [1.807, 2.05) is 0 Å². The van der Waals surface area contributed by atoms with Gasteiger partial charge < -0.3 is 10.1 Å². The molecule has 2 aromatic rings. The minimum absolute atomic E-state index is 0.0814. The lowest BCUT2D eigenvalue weighted by molar-refractivity contribution is 0.0600. The Kier molecular flexibility index (Phi) is 5.89. The summed E-state index contributed by atoms with van der Waals surface area (Å²) >= 11 is 6.09. The number of rotatable bonds is 5. The molecule has 0 saturated heterocycles. The molecule has 2 rings (SSSR count). The number of carbonyl (C=O) groups is 2. The summed E-state index contributed by atoms with van der Waals surface area (Å²) in [6.45, 7) is 1.78. The van der Waals surface area contributed by atoms with E-state index in [4.69, 9.17) is 11.6 Å². The molecule has 0 bridgehead atoms. The van der Waals surface area contributed by atoms with Crippen LogP contribution in [0.15, 0.2) is 36.4 Å². The van der Waals surface area contributed by atoms with E-state index in [1.165, 1.54) is 31.4 Å². The molecule has 0 saturated carbocycles. The number of nitrogens with one attached hydrogen (secondary N) is 2. The Hall–Kier alpha value is -2.58. The van der Waals surface area contributed by atoms with Crippen LogP contribution in [0.4, 0.5) is 11.4 Å². The van der Waals surface area contributed by atoms with Crippen LogP contribution >= 0.6 is 11.6 Å². The zero-order valence-electron chi connectivity index (χ0n) is 14.3. The van der Waals surface area contributed by atoms with Crippen LogP contribution in [-0.4, -0.2) is 33.7 Å². The molecule has 0 aliphatic rings. The summed E-state index contributed by atoms with van der Waals surface area (Å²) in [7, 11) is -2.18. The number of esters is 1. The number of benzene rings is 2. The van der Waals surface area contributed by atoms with Gasteiger partial charge in [-0.3, -0.25) is 9.52 Å². The second-order valence-electron chi connectivity index (χ2n) is 5.54. The lowest BCUT2D eigenvalue weighted by atomic mass is 10.1. The van der Waals surface area contributed by atoms with E-state index in [0.29, 0.717) is 11.3 Å². The molecule has 0 atom stereocenters. The SMILES string of the molecule is COC(=O)c1ccc(C)c(NC(=O)c2ccc(NS(C)(=O)=O)cc2Cl)c1. The van der Waals surface area contributed by atoms with Gasteiger partial charge in [0.15, 0.2) is 0 Å². The van der Waals surface area contributed by atoms with Gasteiger partial charge in [0.1, 0.15) is 0 Å². The monoisotopic (exact) mass is 396 g/mol. The number of aryl methyl sites for hydroxylation is 1. The van der Waals surface area contributed by atoms with Crippen LogP contribution in [0.3, 0.4) is 0 Å². The van der Waals surface area contributed by atoms with Crippen LogP contribution in [0.25, 0.3) is 0 Å². The van der Waals surface area contributed by atoms with Gasteiger partial charge in [0.25, 0.3) is 5.91 Å². The molecule has 1 amide bonds. The summed E-state index contributed by atoms with van der Waals surface area (Å²) in [4.78, 5) is 24.1. The number of amides is 1. The molecule has 0 unspecified atom stereocenters. The maximum absolute atomic E-state index is 12.5. The number of methoxy groups -OCH3 is 1. The third-order valence-corrected chi connectivity index (χ3v) is 4.34. The van der Waals surface area contributed by atoms with E-state index in [2.05, 4.69) is 14.8 Å². The first-order valence-corrected chi connectivity index (χ1v) is 9.65. The van der Waals surface area contributed by atoms with Crippen LogP contribution in [0.5, 0.6) is 0 Å². The molecule has 0 aliphatic heterocycles. The van der Waals surface area contributed by atoms with E-state index in [1.54, 1.807) is 19.1 Å². The van der Waals surface area contributed by atoms with Crippen LogP contribution in [0.2, 0.25) is 5.02 Å². The van der Waals surface area contributed by atoms with Gasteiger partial charge in [-0.05, 0) is 42.8 Å². The highest BCUT2D eigenvalue weighted by Gasteiger charge is 2.15. The maximum Gasteiger partial charge on any atom is 0.337 e. The Balaban J connectivity index is 2.26. The Morgan fingerprint density at radius 1 is 1.12 bits per heavy atom. The van der Waals surface area contributed by atoms with E-state index >= 15 is 0 Å². The molecule has 0 spiro atoms. The minimum atomic E-state index is -3.45. The molecule has 0 radical (unpaired) electrons. The smallest absolute Gasteiger partial charge is 0.337 e. The van der Waals surface area contributed by atoms with Crippen LogP contribution < -0.4 is 10.0 Å². The number of hydrogen-bond acceptors (Lipinski definition) is 5. The Morgan fingerprint density at radius 2 is 1.81 bits per heavy atom. The summed E-state index contributed by atoms with van der Waals surface area (Å²) in [5.41, 5.74) is 1.89. The minimum Gasteiger partial charge on any atom is -0.465 e. The van der Waals surface area contributed by atoms with Crippen molar-refractivity contribution in [2.24, 2.45) is 0 Å². The van der Waals surface area contributed by atoms with Gasteiger partial charge in [0.2, 0.25) is 10.0 Å². The van der Waals surface area contributed by atoms with Crippen molar-refractivity contribution >= 4 is 44.9 Å². The summed E-state index contributed by atoms with van der Waals surface area (Å²) < 4.78 is 29.4. The molecule has 0 aromatic heterocycles. The van der Waals surface area contributed by atoms with Crippen molar-refractivity contribution in [2.45, 2.75) is 6.92 Å². The summed E-state index contributed by atoms with van der Waals surface area (Å²) in [5.74, 6) is -1.01. The molecule has 2 aromatic carbocycles. The van der Waals surface area contributed by atoms with E-state index < -0.39 is 21.9 Å². The zero-order chi connectivity index (χ0) is 19.5. The lowest BCUT2D eigenvalue weighted by Gasteiger charge is -2.12. The predicted molar refractivity (Wildman–Crippen MR) is 100 cm³/mol. The molecule has 2 N–H and O–H groups in total. The van der Waals surface area contributed by atoms with Gasteiger partial charge in [0.05, 0.1) is 29.5 Å². The Morgan fingerprint density at radius 3 is 2.38 bits per heavy atom. The zero-order valence-corrected chi connectivity index (χ0v) is 15.9. The van der Waals surface area contributed by atoms with Crippen molar-refractivity contribution in [2.75, 3.05) is 23.4 Å². The van der Waals surface area contributed by atoms with Gasteiger partial charge in [-0.1, -0.05) is 17.7 Å². The third-order valence-electron chi connectivity index (χ3n) is 3.42. The van der Waals surface area contributed by atoms with Gasteiger partial charge in [-0.25, -0.2) is 13.2 Å². The van der Waals surface area contributed by atoms with E-state index in [-0.39, 0.29) is 16.3 Å². The molecular weight excluding hydrogens is 380 g/mol. The standard InChI is InChI=1S/C17H17ClN2O5S/c1-10-4-5-11(17(22)25-2)8-15(10)19-16(21)13-7-6-12(9-14(13)18)20-26(3,23)24/h4-9,20H,1-3H3,(H,19,21). The molecule has 9 heteroatoms. The largest absolute Gasteiger partial charge is 0.465 e. The molecule has 0 aliphatic carbocycles. The highest BCUT2D eigenvalue weighted by Crippen LogP contribution is 2.24.